The van der Waals surface area contributed by atoms with E-state index in [0.29, 0.717) is 60.1 Å². The largest absolute Gasteiger partial charge is 0.493 e. The second-order valence-electron chi connectivity index (χ2n) is 8.20. The van der Waals surface area contributed by atoms with Crippen molar-refractivity contribution in [3.05, 3.63) is 65.4 Å². The number of carbonyl (C=O) groups is 1. The number of para-hydroxylation sites is 1. The maximum Gasteiger partial charge on any atom is 0.251 e. The molecule has 0 unspecified atom stereocenters. The number of rotatable bonds is 13. The number of nitrogens with one attached hydrogen (secondary N) is 1. The van der Waals surface area contributed by atoms with Gasteiger partial charge in [-0.1, -0.05) is 44.4 Å². The average molecular weight is 476 g/mol. The molecule has 0 bridgehead atoms. The zero-order valence-corrected chi connectivity index (χ0v) is 20.4. The van der Waals surface area contributed by atoms with Gasteiger partial charge in [0.05, 0.1) is 25.1 Å². The number of nitrogen functional groups attached to an aromatic ring is 1. The first-order valence-corrected chi connectivity index (χ1v) is 12.0. The third-order valence-corrected chi connectivity index (χ3v) is 5.66. The van der Waals surface area contributed by atoms with Gasteiger partial charge in [-0.15, -0.1) is 0 Å². The van der Waals surface area contributed by atoms with E-state index in [-0.39, 0.29) is 5.91 Å². The number of carbonyl (C=O) groups excluding carboxylic acids is 1. The Kier molecular flexibility index (Phi) is 9.55. The molecule has 1 amide bonds. The fraction of sp³-hybridized carbons (Fsp3) is 0.370. The molecule has 2 aromatic carbocycles. The minimum absolute atomic E-state index is 0.201. The van der Waals surface area contributed by atoms with E-state index in [1.54, 1.807) is 30.0 Å². The molecular formula is C27H33N5O3. The molecule has 0 atom stereocenters. The SMILES string of the molecule is CCCCCCOc1ccc(C(=O)NCCCc2nn(-c3ccccc3)c(N)c2C#N)cc1OC. The van der Waals surface area contributed by atoms with Crippen molar-refractivity contribution in [1.29, 1.82) is 5.26 Å². The first-order chi connectivity index (χ1) is 17.1. The van der Waals surface area contributed by atoms with Crippen molar-refractivity contribution < 1.29 is 14.3 Å². The van der Waals surface area contributed by atoms with Crippen LogP contribution in [-0.4, -0.2) is 35.9 Å². The van der Waals surface area contributed by atoms with Crippen LogP contribution in [0.15, 0.2) is 48.5 Å². The van der Waals surface area contributed by atoms with Crippen LogP contribution in [0.4, 0.5) is 5.82 Å². The molecule has 0 aliphatic carbocycles. The summed E-state index contributed by atoms with van der Waals surface area (Å²) in [5.41, 5.74) is 8.43. The number of amides is 1. The van der Waals surface area contributed by atoms with Crippen LogP contribution in [-0.2, 0) is 6.42 Å². The number of hydrogen-bond acceptors (Lipinski definition) is 6. The number of unbranched alkanes of at least 4 members (excludes halogenated alkanes) is 3. The minimum Gasteiger partial charge on any atom is -0.493 e. The average Bonchev–Trinajstić information content (AvgIpc) is 3.21. The fourth-order valence-electron chi connectivity index (χ4n) is 3.74. The smallest absolute Gasteiger partial charge is 0.251 e. The minimum atomic E-state index is -0.201. The summed E-state index contributed by atoms with van der Waals surface area (Å²) in [7, 11) is 1.56. The standard InChI is InChI=1S/C27H33N5O3/c1-3-4-5-9-17-35-24-15-14-20(18-25(24)34-2)27(33)30-16-10-13-23-22(19-28)26(29)32(31-23)21-11-7-6-8-12-21/h6-8,11-12,14-15,18H,3-5,9-10,13,16-17,29H2,1-2H3,(H,30,33). The lowest BCUT2D eigenvalue weighted by Gasteiger charge is -2.12. The Morgan fingerprint density at radius 2 is 1.91 bits per heavy atom. The summed E-state index contributed by atoms with van der Waals surface area (Å²) < 4.78 is 12.8. The van der Waals surface area contributed by atoms with E-state index in [0.717, 1.165) is 18.5 Å². The highest BCUT2D eigenvalue weighted by Gasteiger charge is 2.16. The van der Waals surface area contributed by atoms with Gasteiger partial charge in [-0.25, -0.2) is 4.68 Å². The zero-order chi connectivity index (χ0) is 25.0. The van der Waals surface area contributed by atoms with Gasteiger partial charge in [0.2, 0.25) is 0 Å². The van der Waals surface area contributed by atoms with Crippen molar-refractivity contribution in [3.8, 4) is 23.3 Å². The molecular weight excluding hydrogens is 442 g/mol. The normalized spacial score (nSPS) is 10.5. The lowest BCUT2D eigenvalue weighted by molar-refractivity contribution is 0.0952. The summed E-state index contributed by atoms with van der Waals surface area (Å²) in [5, 5.41) is 17.0. The number of ether oxygens (including phenoxy) is 2. The molecule has 3 N–H and O–H groups in total. The topological polar surface area (TPSA) is 115 Å². The molecule has 3 rings (SSSR count). The molecule has 3 aromatic rings. The third kappa shape index (κ3) is 6.76. The molecule has 0 radical (unpaired) electrons. The highest BCUT2D eigenvalue weighted by molar-refractivity contribution is 5.94. The van der Waals surface area contributed by atoms with E-state index < -0.39 is 0 Å². The number of nitrogens with two attached hydrogens (primary N) is 1. The van der Waals surface area contributed by atoms with E-state index in [9.17, 15) is 10.1 Å². The molecule has 0 saturated carbocycles. The molecule has 0 fully saturated rings. The maximum absolute atomic E-state index is 12.6. The summed E-state index contributed by atoms with van der Waals surface area (Å²) in [6.07, 6.45) is 5.62. The van der Waals surface area contributed by atoms with E-state index >= 15 is 0 Å². The van der Waals surface area contributed by atoms with Crippen LogP contribution in [0.5, 0.6) is 11.5 Å². The van der Waals surface area contributed by atoms with Crippen LogP contribution in [0.1, 0.15) is 60.6 Å². The van der Waals surface area contributed by atoms with E-state index in [2.05, 4.69) is 23.4 Å². The van der Waals surface area contributed by atoms with Crippen LogP contribution in [0.3, 0.4) is 0 Å². The number of benzene rings is 2. The molecule has 0 spiro atoms. The summed E-state index contributed by atoms with van der Waals surface area (Å²) in [6.45, 7) is 3.23. The number of nitrogens with zero attached hydrogens (tertiary/aromatic N) is 3. The lowest BCUT2D eigenvalue weighted by Crippen LogP contribution is -2.24. The molecule has 1 aromatic heterocycles. The molecule has 0 saturated heterocycles. The monoisotopic (exact) mass is 475 g/mol. The van der Waals surface area contributed by atoms with Crippen LogP contribution in [0.2, 0.25) is 0 Å². The molecule has 8 nitrogen and oxygen atoms in total. The molecule has 35 heavy (non-hydrogen) atoms. The number of aromatic nitrogens is 2. The Balaban J connectivity index is 1.54. The second-order valence-corrected chi connectivity index (χ2v) is 8.20. The summed E-state index contributed by atoms with van der Waals surface area (Å²) in [5.74, 6) is 1.29. The van der Waals surface area contributed by atoms with Crippen LogP contribution in [0.25, 0.3) is 5.69 Å². The van der Waals surface area contributed by atoms with Crippen molar-refractivity contribution in [1.82, 2.24) is 15.1 Å². The summed E-state index contributed by atoms with van der Waals surface area (Å²) in [6, 6.07) is 16.8. The first kappa shape index (κ1) is 25.6. The van der Waals surface area contributed by atoms with Gasteiger partial charge < -0.3 is 20.5 Å². The Morgan fingerprint density at radius 3 is 2.63 bits per heavy atom. The lowest BCUT2D eigenvalue weighted by atomic mass is 10.1. The maximum atomic E-state index is 12.6. The first-order valence-electron chi connectivity index (χ1n) is 12.0. The molecule has 1 heterocycles. The van der Waals surface area contributed by atoms with Gasteiger partial charge in [-0.05, 0) is 49.6 Å². The van der Waals surface area contributed by atoms with Gasteiger partial charge in [-0.2, -0.15) is 10.4 Å². The number of aryl methyl sites for hydroxylation is 1. The van der Waals surface area contributed by atoms with Crippen molar-refractivity contribution >= 4 is 11.7 Å². The van der Waals surface area contributed by atoms with Gasteiger partial charge in [0.25, 0.3) is 5.91 Å². The highest BCUT2D eigenvalue weighted by Crippen LogP contribution is 2.28. The zero-order valence-electron chi connectivity index (χ0n) is 20.4. The van der Waals surface area contributed by atoms with Gasteiger partial charge in [0.15, 0.2) is 11.5 Å². The van der Waals surface area contributed by atoms with E-state index in [1.165, 1.54) is 12.8 Å². The predicted octanol–water partition coefficient (Wildman–Crippen LogP) is 4.66. The molecule has 0 aliphatic rings. The van der Waals surface area contributed by atoms with Crippen molar-refractivity contribution in [2.24, 2.45) is 0 Å². The Labute approximate surface area is 206 Å². The predicted molar refractivity (Wildman–Crippen MR) is 136 cm³/mol. The molecule has 8 heteroatoms. The molecule has 184 valence electrons. The highest BCUT2D eigenvalue weighted by atomic mass is 16.5. The second kappa shape index (κ2) is 13.0. The Hall–Kier alpha value is -3.99. The van der Waals surface area contributed by atoms with Gasteiger partial charge in [0.1, 0.15) is 17.5 Å². The van der Waals surface area contributed by atoms with E-state index in [4.69, 9.17) is 15.2 Å². The van der Waals surface area contributed by atoms with Gasteiger partial charge in [0, 0.05) is 12.1 Å². The summed E-state index contributed by atoms with van der Waals surface area (Å²) >= 11 is 0. The Bertz CT molecular complexity index is 1150. The van der Waals surface area contributed by atoms with Crippen molar-refractivity contribution in [2.45, 2.75) is 45.4 Å². The number of methoxy groups -OCH3 is 1. The van der Waals surface area contributed by atoms with Crippen LogP contribution in [0, 0.1) is 11.3 Å². The number of hydrogen-bond donors (Lipinski definition) is 2. The number of nitriles is 1. The quantitative estimate of drug-likeness (QED) is 0.348. The molecule has 0 aliphatic heterocycles. The van der Waals surface area contributed by atoms with Crippen molar-refractivity contribution in [3.63, 3.8) is 0 Å². The fourth-order valence-corrected chi connectivity index (χ4v) is 3.74. The number of anilines is 1. The summed E-state index contributed by atoms with van der Waals surface area (Å²) in [4.78, 5) is 12.6. The third-order valence-electron chi connectivity index (χ3n) is 5.66. The van der Waals surface area contributed by atoms with Crippen LogP contribution >= 0.6 is 0 Å². The van der Waals surface area contributed by atoms with E-state index in [1.807, 2.05) is 30.3 Å². The van der Waals surface area contributed by atoms with Crippen LogP contribution < -0.4 is 20.5 Å². The van der Waals surface area contributed by atoms with Crippen molar-refractivity contribution in [2.75, 3.05) is 26.0 Å². The van der Waals surface area contributed by atoms with Gasteiger partial charge >= 0.3 is 0 Å². The van der Waals surface area contributed by atoms with Gasteiger partial charge in [-0.3, -0.25) is 4.79 Å². The Morgan fingerprint density at radius 1 is 1.11 bits per heavy atom.